The van der Waals surface area contributed by atoms with Crippen LogP contribution in [-0.2, 0) is 6.54 Å². The van der Waals surface area contributed by atoms with Gasteiger partial charge in [0.25, 0.3) is 0 Å². The number of aromatic nitrogens is 4. The van der Waals surface area contributed by atoms with Gasteiger partial charge in [-0.25, -0.2) is 4.68 Å². The van der Waals surface area contributed by atoms with Gasteiger partial charge >= 0.3 is 0 Å². The molecule has 6 heteroatoms. The third-order valence-corrected chi connectivity index (χ3v) is 4.40. The second-order valence-corrected chi connectivity index (χ2v) is 5.68. The van der Waals surface area contributed by atoms with Crippen molar-refractivity contribution in [3.63, 3.8) is 0 Å². The monoisotopic (exact) mass is 255 g/mol. The molecular weight excluding hydrogens is 234 g/mol. The van der Waals surface area contributed by atoms with Crippen LogP contribution < -0.4 is 5.32 Å². The average molecular weight is 255 g/mol. The van der Waals surface area contributed by atoms with E-state index >= 15 is 0 Å². The Kier molecular flexibility index (Phi) is 4.79. The van der Waals surface area contributed by atoms with Crippen molar-refractivity contribution in [2.24, 2.45) is 0 Å². The normalized spacial score (nSPS) is 24.4. The summed E-state index contributed by atoms with van der Waals surface area (Å²) in [5.41, 5.74) is 0. The van der Waals surface area contributed by atoms with Crippen molar-refractivity contribution in [2.75, 3.05) is 12.8 Å². The van der Waals surface area contributed by atoms with E-state index in [1.807, 2.05) is 16.4 Å². The molecule has 0 aliphatic heterocycles. The predicted molar refractivity (Wildman–Crippen MR) is 70.0 cm³/mol. The topological polar surface area (TPSA) is 55.6 Å². The van der Waals surface area contributed by atoms with Crippen molar-refractivity contribution < 1.29 is 0 Å². The first-order chi connectivity index (χ1) is 8.35. The van der Waals surface area contributed by atoms with Gasteiger partial charge in [-0.3, -0.25) is 0 Å². The number of nitrogens with one attached hydrogen (secondary N) is 1. The van der Waals surface area contributed by atoms with E-state index < -0.39 is 0 Å². The van der Waals surface area contributed by atoms with E-state index in [4.69, 9.17) is 0 Å². The van der Waals surface area contributed by atoms with Gasteiger partial charge in [0, 0.05) is 5.25 Å². The maximum atomic E-state index is 4.15. The van der Waals surface area contributed by atoms with Crippen LogP contribution in [0, 0.1) is 0 Å². The summed E-state index contributed by atoms with van der Waals surface area (Å²) in [6.45, 7) is 3.96. The lowest BCUT2D eigenvalue weighted by Gasteiger charge is -2.12. The van der Waals surface area contributed by atoms with Crippen LogP contribution in [-0.4, -0.2) is 38.3 Å². The number of hydrogen-bond acceptors (Lipinski definition) is 5. The summed E-state index contributed by atoms with van der Waals surface area (Å²) in [6, 6.07) is 0.501. The van der Waals surface area contributed by atoms with Crippen LogP contribution in [0.3, 0.4) is 0 Å². The molecule has 0 spiro atoms. The minimum atomic E-state index is 0.501. The average Bonchev–Trinajstić information content (AvgIpc) is 2.96. The minimum absolute atomic E-state index is 0.501. The highest BCUT2D eigenvalue weighted by molar-refractivity contribution is 7.99. The fourth-order valence-corrected chi connectivity index (χ4v) is 3.13. The van der Waals surface area contributed by atoms with Crippen molar-refractivity contribution in [2.45, 2.75) is 50.4 Å². The van der Waals surface area contributed by atoms with E-state index in [0.29, 0.717) is 6.04 Å². The van der Waals surface area contributed by atoms with E-state index in [2.05, 4.69) is 34.0 Å². The number of thioether (sulfide) groups is 1. The Morgan fingerprint density at radius 2 is 2.35 bits per heavy atom. The molecule has 2 rings (SSSR count). The fraction of sp³-hybridized carbons (Fsp3) is 0.909. The fourth-order valence-electron chi connectivity index (χ4n) is 2.34. The third-order valence-electron chi connectivity index (χ3n) is 3.31. The number of nitrogens with zero attached hydrogens (tertiary/aromatic N) is 4. The lowest BCUT2D eigenvalue weighted by molar-refractivity contribution is 0.431. The summed E-state index contributed by atoms with van der Waals surface area (Å²) < 4.78 is 2.03. The maximum absolute atomic E-state index is 4.15. The summed E-state index contributed by atoms with van der Waals surface area (Å²) in [5, 5.41) is 16.2. The molecule has 1 fully saturated rings. The second kappa shape index (κ2) is 6.35. The highest BCUT2D eigenvalue weighted by Gasteiger charge is 2.27. The van der Waals surface area contributed by atoms with Gasteiger partial charge in [-0.05, 0) is 48.9 Å². The maximum Gasteiger partial charge on any atom is 0.165 e. The first-order valence-corrected chi connectivity index (χ1v) is 7.64. The lowest BCUT2D eigenvalue weighted by Crippen LogP contribution is -2.20. The van der Waals surface area contributed by atoms with Crippen LogP contribution in [0.25, 0.3) is 0 Å². The molecule has 0 amide bonds. The molecule has 0 aromatic carbocycles. The molecule has 1 aliphatic rings. The molecule has 0 saturated heterocycles. The minimum Gasteiger partial charge on any atom is -0.310 e. The predicted octanol–water partition coefficient (Wildman–Crippen LogP) is 1.63. The van der Waals surface area contributed by atoms with Gasteiger partial charge in [0.1, 0.15) is 0 Å². The Bertz CT molecular complexity index is 340. The van der Waals surface area contributed by atoms with Crippen LogP contribution in [0.4, 0.5) is 0 Å². The molecule has 2 atom stereocenters. The molecule has 1 aliphatic carbocycles. The molecule has 0 bridgehead atoms. The Morgan fingerprint density at radius 1 is 1.47 bits per heavy atom. The highest BCUT2D eigenvalue weighted by Crippen LogP contribution is 2.35. The zero-order valence-electron chi connectivity index (χ0n) is 10.6. The van der Waals surface area contributed by atoms with Gasteiger partial charge < -0.3 is 5.32 Å². The molecular formula is C11H21N5S. The third kappa shape index (κ3) is 3.19. The van der Waals surface area contributed by atoms with E-state index in [9.17, 15) is 0 Å². The summed E-state index contributed by atoms with van der Waals surface area (Å²) in [6.07, 6.45) is 7.02. The van der Waals surface area contributed by atoms with E-state index in [0.717, 1.165) is 30.6 Å². The summed E-state index contributed by atoms with van der Waals surface area (Å²) >= 11 is 1.96. The lowest BCUT2D eigenvalue weighted by atomic mass is 10.2. The standard InChI is InChI=1S/C11H21N5S/c1-3-6-12-8-11-13-14-15-16(11)9-4-5-10(7-9)17-2/h9-10,12H,3-8H2,1-2H3. The van der Waals surface area contributed by atoms with Crippen molar-refractivity contribution in [1.82, 2.24) is 25.5 Å². The van der Waals surface area contributed by atoms with Crippen molar-refractivity contribution in [3.05, 3.63) is 5.82 Å². The molecule has 17 heavy (non-hydrogen) atoms. The van der Waals surface area contributed by atoms with Crippen LogP contribution in [0.5, 0.6) is 0 Å². The molecule has 1 aromatic rings. The van der Waals surface area contributed by atoms with Gasteiger partial charge in [0.05, 0.1) is 12.6 Å². The van der Waals surface area contributed by atoms with Crippen LogP contribution in [0.2, 0.25) is 0 Å². The SMILES string of the molecule is CCCNCc1nnnn1C1CCC(SC)C1. The smallest absolute Gasteiger partial charge is 0.165 e. The van der Waals surface area contributed by atoms with Crippen molar-refractivity contribution in [1.29, 1.82) is 0 Å². The van der Waals surface area contributed by atoms with E-state index in [1.54, 1.807) is 0 Å². The molecule has 1 heterocycles. The molecule has 0 radical (unpaired) electrons. The zero-order chi connectivity index (χ0) is 12.1. The van der Waals surface area contributed by atoms with Gasteiger partial charge in [-0.15, -0.1) is 5.10 Å². The number of hydrogen-bond donors (Lipinski definition) is 1. The zero-order valence-corrected chi connectivity index (χ0v) is 11.4. The quantitative estimate of drug-likeness (QED) is 0.783. The molecule has 1 saturated carbocycles. The van der Waals surface area contributed by atoms with Gasteiger partial charge in [-0.2, -0.15) is 11.8 Å². The number of tetrazole rings is 1. The van der Waals surface area contributed by atoms with E-state index in [1.165, 1.54) is 19.3 Å². The summed E-state index contributed by atoms with van der Waals surface area (Å²) in [7, 11) is 0. The molecule has 1 N–H and O–H groups in total. The molecule has 5 nitrogen and oxygen atoms in total. The first kappa shape index (κ1) is 12.8. The van der Waals surface area contributed by atoms with Gasteiger partial charge in [-0.1, -0.05) is 6.92 Å². The Hall–Kier alpha value is -0.620. The number of rotatable bonds is 6. The molecule has 96 valence electrons. The van der Waals surface area contributed by atoms with Crippen LogP contribution in [0.1, 0.15) is 44.5 Å². The van der Waals surface area contributed by atoms with Crippen LogP contribution in [0.15, 0.2) is 0 Å². The Morgan fingerprint density at radius 3 is 3.06 bits per heavy atom. The first-order valence-electron chi connectivity index (χ1n) is 6.35. The summed E-state index contributed by atoms with van der Waals surface area (Å²) in [4.78, 5) is 0. The van der Waals surface area contributed by atoms with Gasteiger partial charge in [0.2, 0.25) is 0 Å². The summed E-state index contributed by atoms with van der Waals surface area (Å²) in [5.74, 6) is 0.977. The highest BCUT2D eigenvalue weighted by atomic mass is 32.2. The van der Waals surface area contributed by atoms with Crippen molar-refractivity contribution >= 4 is 11.8 Å². The molecule has 2 unspecified atom stereocenters. The largest absolute Gasteiger partial charge is 0.310 e. The van der Waals surface area contributed by atoms with Crippen molar-refractivity contribution in [3.8, 4) is 0 Å². The van der Waals surface area contributed by atoms with E-state index in [-0.39, 0.29) is 0 Å². The Labute approximate surface area is 107 Å². The van der Waals surface area contributed by atoms with Gasteiger partial charge in [0.15, 0.2) is 5.82 Å². The second-order valence-electron chi connectivity index (χ2n) is 4.54. The van der Waals surface area contributed by atoms with Crippen LogP contribution >= 0.6 is 11.8 Å². The Balaban J connectivity index is 1.94. The molecule has 1 aromatic heterocycles.